The number of aromatic hydroxyl groups is 6. The lowest BCUT2D eigenvalue weighted by Crippen LogP contribution is -2.22. The molecule has 144 valence electrons. The molecule has 10 nitrogen and oxygen atoms in total. The third kappa shape index (κ3) is 4.63. The van der Waals surface area contributed by atoms with Gasteiger partial charge in [0.05, 0.1) is 12.3 Å². The number of benzene rings is 2. The maximum atomic E-state index is 12.0. The molecule has 0 spiro atoms. The molecule has 2 aromatic carbocycles. The molecule has 0 aliphatic rings. The number of ether oxygens (including phenoxy) is 2. The average Bonchev–Trinajstić information content (AvgIpc) is 2.57. The van der Waals surface area contributed by atoms with Crippen LogP contribution in [0.2, 0.25) is 0 Å². The van der Waals surface area contributed by atoms with E-state index < -0.39 is 58.8 Å². The lowest BCUT2D eigenvalue weighted by atomic mass is 10.1. The Morgan fingerprint density at radius 3 is 1.56 bits per heavy atom. The van der Waals surface area contributed by atoms with Gasteiger partial charge >= 0.3 is 11.9 Å². The standard InChI is InChI=1S/C17H16O10/c1-7(17(25)27-9-5-12(20)16(24)13(21)6-9)2-14(22)26-8-3-10(18)15(23)11(19)4-8/h3-7,18-21,23-24H,2H2,1H3. The van der Waals surface area contributed by atoms with E-state index in [1.165, 1.54) is 6.92 Å². The molecular formula is C17H16O10. The molecule has 0 saturated heterocycles. The average molecular weight is 380 g/mol. The second-order valence-corrected chi connectivity index (χ2v) is 5.62. The summed E-state index contributed by atoms with van der Waals surface area (Å²) in [4.78, 5) is 23.9. The summed E-state index contributed by atoms with van der Waals surface area (Å²) in [6.45, 7) is 1.36. The predicted molar refractivity (Wildman–Crippen MR) is 87.9 cm³/mol. The first-order valence-corrected chi connectivity index (χ1v) is 7.50. The summed E-state index contributed by atoms with van der Waals surface area (Å²) in [6.07, 6.45) is -0.433. The van der Waals surface area contributed by atoms with E-state index in [0.717, 1.165) is 24.3 Å². The normalized spacial score (nSPS) is 11.6. The van der Waals surface area contributed by atoms with Crippen LogP contribution in [0.4, 0.5) is 0 Å². The number of hydrogen-bond donors (Lipinski definition) is 6. The van der Waals surface area contributed by atoms with Crippen LogP contribution in [-0.2, 0) is 9.59 Å². The minimum atomic E-state index is -0.991. The zero-order valence-electron chi connectivity index (χ0n) is 13.9. The molecule has 0 heterocycles. The van der Waals surface area contributed by atoms with Crippen molar-refractivity contribution >= 4 is 11.9 Å². The fourth-order valence-electron chi connectivity index (χ4n) is 2.00. The van der Waals surface area contributed by atoms with Gasteiger partial charge in [-0.25, -0.2) is 0 Å². The van der Waals surface area contributed by atoms with Crippen LogP contribution in [0.25, 0.3) is 0 Å². The molecule has 0 aliphatic heterocycles. The fourth-order valence-corrected chi connectivity index (χ4v) is 2.00. The summed E-state index contributed by atoms with van der Waals surface area (Å²) in [5.74, 6) is -7.59. The van der Waals surface area contributed by atoms with E-state index >= 15 is 0 Å². The Labute approximate surface area is 152 Å². The van der Waals surface area contributed by atoms with Gasteiger partial charge in [0.15, 0.2) is 23.0 Å². The van der Waals surface area contributed by atoms with Crippen molar-refractivity contribution in [3.05, 3.63) is 24.3 Å². The van der Waals surface area contributed by atoms with Crippen LogP contribution in [0.1, 0.15) is 13.3 Å². The number of rotatable bonds is 5. The first-order chi connectivity index (χ1) is 12.6. The smallest absolute Gasteiger partial charge is 0.314 e. The van der Waals surface area contributed by atoms with Crippen LogP contribution < -0.4 is 9.47 Å². The Hall–Kier alpha value is -3.82. The summed E-state index contributed by atoms with van der Waals surface area (Å²) in [7, 11) is 0. The van der Waals surface area contributed by atoms with Gasteiger partial charge in [-0.15, -0.1) is 0 Å². The third-order valence-corrected chi connectivity index (χ3v) is 3.41. The van der Waals surface area contributed by atoms with Crippen LogP contribution in [0.15, 0.2) is 24.3 Å². The molecule has 10 heteroatoms. The zero-order chi connectivity index (χ0) is 20.3. The number of carbonyl (C=O) groups is 2. The highest BCUT2D eigenvalue weighted by Gasteiger charge is 2.22. The third-order valence-electron chi connectivity index (χ3n) is 3.41. The van der Waals surface area contributed by atoms with Gasteiger partial charge in [0.25, 0.3) is 0 Å². The second-order valence-electron chi connectivity index (χ2n) is 5.62. The molecule has 0 fully saturated rings. The molecular weight excluding hydrogens is 364 g/mol. The molecule has 27 heavy (non-hydrogen) atoms. The van der Waals surface area contributed by atoms with Crippen molar-refractivity contribution in [2.75, 3.05) is 0 Å². The van der Waals surface area contributed by atoms with E-state index in [-0.39, 0.29) is 11.5 Å². The predicted octanol–water partition coefficient (Wildman–Crippen LogP) is 1.46. The van der Waals surface area contributed by atoms with Gasteiger partial charge in [-0.1, -0.05) is 6.92 Å². The first kappa shape index (κ1) is 19.5. The van der Waals surface area contributed by atoms with E-state index in [1.807, 2.05) is 0 Å². The van der Waals surface area contributed by atoms with Crippen molar-refractivity contribution in [2.24, 2.45) is 5.92 Å². The first-order valence-electron chi connectivity index (χ1n) is 7.50. The van der Waals surface area contributed by atoms with Crippen molar-refractivity contribution in [2.45, 2.75) is 13.3 Å². The van der Waals surface area contributed by atoms with E-state index in [2.05, 4.69) is 0 Å². The van der Waals surface area contributed by atoms with Crippen molar-refractivity contribution < 1.29 is 49.7 Å². The van der Waals surface area contributed by atoms with Gasteiger partial charge in [-0.2, -0.15) is 0 Å². The molecule has 0 aliphatic carbocycles. The second kappa shape index (κ2) is 7.60. The van der Waals surface area contributed by atoms with Crippen molar-refractivity contribution in [3.63, 3.8) is 0 Å². The molecule has 0 aromatic heterocycles. The van der Waals surface area contributed by atoms with Gasteiger partial charge in [0.2, 0.25) is 11.5 Å². The molecule has 0 bridgehead atoms. The van der Waals surface area contributed by atoms with E-state index in [0.29, 0.717) is 0 Å². The highest BCUT2D eigenvalue weighted by molar-refractivity contribution is 5.82. The fraction of sp³-hybridized carbons (Fsp3) is 0.176. The zero-order valence-corrected chi connectivity index (χ0v) is 13.9. The van der Waals surface area contributed by atoms with Crippen LogP contribution in [-0.4, -0.2) is 42.6 Å². The van der Waals surface area contributed by atoms with E-state index in [9.17, 15) is 40.2 Å². The Morgan fingerprint density at radius 1 is 0.778 bits per heavy atom. The summed E-state index contributed by atoms with van der Waals surface area (Å²) in [5, 5.41) is 55.9. The maximum absolute atomic E-state index is 12.0. The Kier molecular flexibility index (Phi) is 5.49. The van der Waals surface area contributed by atoms with E-state index in [4.69, 9.17) is 9.47 Å². The number of hydrogen-bond acceptors (Lipinski definition) is 10. The summed E-state index contributed by atoms with van der Waals surface area (Å²) >= 11 is 0. The number of phenolic OH excluding ortho intramolecular Hbond substituents is 6. The lowest BCUT2D eigenvalue weighted by molar-refractivity contribution is -0.144. The van der Waals surface area contributed by atoms with Gasteiger partial charge < -0.3 is 40.1 Å². The molecule has 0 radical (unpaired) electrons. The summed E-state index contributed by atoms with van der Waals surface area (Å²) < 4.78 is 9.77. The van der Waals surface area contributed by atoms with Crippen LogP contribution in [0, 0.1) is 5.92 Å². The lowest BCUT2D eigenvalue weighted by Gasteiger charge is -2.12. The SMILES string of the molecule is CC(CC(=O)Oc1cc(O)c(O)c(O)c1)C(=O)Oc1cc(O)c(O)c(O)c1. The Balaban J connectivity index is 1.98. The van der Waals surface area contributed by atoms with Gasteiger partial charge in [-0.3, -0.25) is 9.59 Å². The van der Waals surface area contributed by atoms with Crippen molar-refractivity contribution in [1.82, 2.24) is 0 Å². The molecule has 1 unspecified atom stereocenters. The highest BCUT2D eigenvalue weighted by Crippen LogP contribution is 2.39. The quantitative estimate of drug-likeness (QED) is 0.253. The van der Waals surface area contributed by atoms with Gasteiger partial charge in [0, 0.05) is 24.3 Å². The van der Waals surface area contributed by atoms with E-state index in [1.54, 1.807) is 0 Å². The summed E-state index contributed by atoms with van der Waals surface area (Å²) in [6, 6.07) is 3.61. The molecule has 0 amide bonds. The molecule has 6 N–H and O–H groups in total. The highest BCUT2D eigenvalue weighted by atomic mass is 16.5. The maximum Gasteiger partial charge on any atom is 0.314 e. The van der Waals surface area contributed by atoms with Crippen molar-refractivity contribution in [3.8, 4) is 46.0 Å². The number of esters is 2. The van der Waals surface area contributed by atoms with Crippen LogP contribution >= 0.6 is 0 Å². The Morgan fingerprint density at radius 2 is 1.15 bits per heavy atom. The number of carbonyl (C=O) groups excluding carboxylic acids is 2. The van der Waals surface area contributed by atoms with Gasteiger partial charge in [0.1, 0.15) is 11.5 Å². The molecule has 1 atom stereocenters. The minimum Gasteiger partial charge on any atom is -0.504 e. The van der Waals surface area contributed by atoms with Crippen molar-refractivity contribution in [1.29, 1.82) is 0 Å². The van der Waals surface area contributed by atoms with Crippen LogP contribution in [0.3, 0.4) is 0 Å². The Bertz CT molecular complexity index is 843. The molecule has 2 rings (SSSR count). The topological polar surface area (TPSA) is 174 Å². The van der Waals surface area contributed by atoms with Crippen LogP contribution in [0.5, 0.6) is 46.0 Å². The largest absolute Gasteiger partial charge is 0.504 e. The number of phenols is 6. The molecule has 2 aromatic rings. The molecule has 0 saturated carbocycles. The summed E-state index contributed by atoms with van der Waals surface area (Å²) in [5.41, 5.74) is 0. The monoisotopic (exact) mass is 380 g/mol. The minimum absolute atomic E-state index is 0.248. The van der Waals surface area contributed by atoms with Gasteiger partial charge in [-0.05, 0) is 0 Å².